The Morgan fingerprint density at radius 3 is 0.909 bits per heavy atom. The maximum atomic E-state index is 12.8. The molecule has 384 valence electrons. The van der Waals surface area contributed by atoms with Gasteiger partial charge in [-0.15, -0.1) is 0 Å². The molecule has 0 saturated carbocycles. The predicted molar refractivity (Wildman–Crippen MR) is 284 cm³/mol. The van der Waals surface area contributed by atoms with Gasteiger partial charge in [-0.05, 0) is 77.0 Å². The van der Waals surface area contributed by atoms with E-state index in [0.717, 1.165) is 57.8 Å². The lowest BCUT2D eigenvalue weighted by Gasteiger charge is -2.18. The molecule has 0 amide bonds. The van der Waals surface area contributed by atoms with Gasteiger partial charge in [0.25, 0.3) is 0 Å². The zero-order valence-corrected chi connectivity index (χ0v) is 44.0. The van der Waals surface area contributed by atoms with Crippen molar-refractivity contribution < 1.29 is 28.6 Å². The van der Waals surface area contributed by atoms with Crippen LogP contribution >= 0.6 is 0 Å². The number of hydrogen-bond donors (Lipinski definition) is 0. The van der Waals surface area contributed by atoms with Gasteiger partial charge < -0.3 is 14.2 Å². The summed E-state index contributed by atoms with van der Waals surface area (Å²) < 4.78 is 16.8. The van der Waals surface area contributed by atoms with Crippen molar-refractivity contribution >= 4 is 17.9 Å². The lowest BCUT2D eigenvalue weighted by molar-refractivity contribution is -0.167. The molecule has 0 rings (SSSR count). The maximum Gasteiger partial charge on any atom is 0.306 e. The molecule has 0 aliphatic heterocycles. The standard InChI is InChI=1S/C60H108O6/c1-4-7-10-13-16-19-22-25-27-29-30-32-33-35-38-41-44-47-50-53-59(62)65-56-57(55-64-58(61)52-49-46-43-40-37-24-21-18-15-12-9-6-3)66-60(63)54-51-48-45-42-39-36-34-31-28-26-23-20-17-14-11-8-5-2/h25-28,34,36,42,45,57H,4-24,29-33,35,37-41,43-44,46-56H2,1-3H3/b27-25-,28-26-,36-34-,45-42-/t57-/m0/s1. The number of hydrogen-bond acceptors (Lipinski definition) is 6. The molecule has 0 spiro atoms. The number of carbonyl (C=O) groups is 3. The van der Waals surface area contributed by atoms with Crippen LogP contribution in [0.4, 0.5) is 0 Å². The Labute approximate surface area is 409 Å². The Bertz CT molecular complexity index is 1150. The van der Waals surface area contributed by atoms with Crippen LogP contribution in [0.3, 0.4) is 0 Å². The first kappa shape index (κ1) is 63.4. The van der Waals surface area contributed by atoms with Crippen molar-refractivity contribution in [2.75, 3.05) is 13.2 Å². The highest BCUT2D eigenvalue weighted by Gasteiger charge is 2.19. The summed E-state index contributed by atoms with van der Waals surface area (Å²) >= 11 is 0. The third-order valence-electron chi connectivity index (χ3n) is 12.6. The molecule has 0 aromatic heterocycles. The smallest absolute Gasteiger partial charge is 0.306 e. The molecule has 0 saturated heterocycles. The second-order valence-electron chi connectivity index (χ2n) is 19.2. The second-order valence-corrected chi connectivity index (χ2v) is 19.2. The molecule has 0 aromatic rings. The first-order valence-corrected chi connectivity index (χ1v) is 28.6. The van der Waals surface area contributed by atoms with Crippen molar-refractivity contribution in [3.05, 3.63) is 48.6 Å². The molecule has 1 atom stereocenters. The average Bonchev–Trinajstić information content (AvgIpc) is 3.31. The lowest BCUT2D eigenvalue weighted by atomic mass is 10.0. The molecule has 0 fully saturated rings. The van der Waals surface area contributed by atoms with E-state index >= 15 is 0 Å². The number of ether oxygens (including phenoxy) is 3. The molecule has 6 heteroatoms. The number of esters is 3. The van der Waals surface area contributed by atoms with Crippen molar-refractivity contribution in [1.29, 1.82) is 0 Å². The zero-order chi connectivity index (χ0) is 47.9. The number of unbranched alkanes of at least 4 members (excludes halogenated alkanes) is 33. The predicted octanol–water partition coefficient (Wildman–Crippen LogP) is 19.0. The van der Waals surface area contributed by atoms with Crippen LogP contribution in [0.15, 0.2) is 48.6 Å². The Morgan fingerprint density at radius 1 is 0.303 bits per heavy atom. The van der Waals surface area contributed by atoms with Crippen molar-refractivity contribution in [2.45, 2.75) is 303 Å². The minimum atomic E-state index is -0.797. The summed E-state index contributed by atoms with van der Waals surface area (Å²) in [6.07, 6.45) is 66.8. The van der Waals surface area contributed by atoms with Gasteiger partial charge in [0.05, 0.1) is 0 Å². The first-order valence-electron chi connectivity index (χ1n) is 28.6. The fourth-order valence-electron chi connectivity index (χ4n) is 8.22. The van der Waals surface area contributed by atoms with Crippen molar-refractivity contribution in [3.8, 4) is 0 Å². The Hall–Kier alpha value is -2.63. The summed E-state index contributed by atoms with van der Waals surface area (Å²) in [5.74, 6) is -0.933. The van der Waals surface area contributed by atoms with Gasteiger partial charge in [0.2, 0.25) is 0 Å². The first-order chi connectivity index (χ1) is 32.5. The van der Waals surface area contributed by atoms with E-state index in [4.69, 9.17) is 14.2 Å². The average molecular weight is 926 g/mol. The molecule has 0 radical (unpaired) electrons. The molecular formula is C60H108O6. The number of rotatable bonds is 52. The lowest BCUT2D eigenvalue weighted by Crippen LogP contribution is -2.30. The Morgan fingerprint density at radius 2 is 0.561 bits per heavy atom. The molecule has 0 N–H and O–H groups in total. The fourth-order valence-corrected chi connectivity index (χ4v) is 8.22. The van der Waals surface area contributed by atoms with E-state index in [0.29, 0.717) is 19.3 Å². The monoisotopic (exact) mass is 925 g/mol. The van der Waals surface area contributed by atoms with Crippen molar-refractivity contribution in [3.63, 3.8) is 0 Å². The zero-order valence-electron chi connectivity index (χ0n) is 44.0. The van der Waals surface area contributed by atoms with Gasteiger partial charge >= 0.3 is 17.9 Å². The number of allylic oxidation sites excluding steroid dienone is 8. The Balaban J connectivity index is 4.39. The van der Waals surface area contributed by atoms with E-state index in [-0.39, 0.29) is 37.5 Å². The third-order valence-corrected chi connectivity index (χ3v) is 12.6. The molecule has 0 aliphatic rings. The summed E-state index contributed by atoms with van der Waals surface area (Å²) in [4.78, 5) is 38.1. The van der Waals surface area contributed by atoms with E-state index in [1.54, 1.807) is 0 Å². The largest absolute Gasteiger partial charge is 0.462 e. The highest BCUT2D eigenvalue weighted by atomic mass is 16.6. The van der Waals surface area contributed by atoms with E-state index in [2.05, 4.69) is 69.4 Å². The fraction of sp³-hybridized carbons (Fsp3) is 0.817. The summed E-state index contributed by atoms with van der Waals surface area (Å²) in [5.41, 5.74) is 0. The molecule has 0 heterocycles. The van der Waals surface area contributed by atoms with Crippen LogP contribution in [0.1, 0.15) is 297 Å². The summed E-state index contributed by atoms with van der Waals surface area (Å²) in [6, 6.07) is 0. The minimum Gasteiger partial charge on any atom is -0.462 e. The van der Waals surface area contributed by atoms with Crippen LogP contribution in [0, 0.1) is 0 Å². The van der Waals surface area contributed by atoms with Crippen LogP contribution in [0.5, 0.6) is 0 Å². The van der Waals surface area contributed by atoms with Crippen molar-refractivity contribution in [2.24, 2.45) is 0 Å². The number of carbonyl (C=O) groups excluding carboxylic acids is 3. The summed E-state index contributed by atoms with van der Waals surface area (Å²) in [6.45, 7) is 6.61. The normalized spacial score (nSPS) is 12.3. The van der Waals surface area contributed by atoms with Crippen LogP contribution in [-0.2, 0) is 28.6 Å². The molecular weight excluding hydrogens is 817 g/mol. The summed E-state index contributed by atoms with van der Waals surface area (Å²) in [5, 5.41) is 0. The van der Waals surface area contributed by atoms with Gasteiger partial charge in [-0.1, -0.05) is 249 Å². The van der Waals surface area contributed by atoms with E-state index in [9.17, 15) is 14.4 Å². The van der Waals surface area contributed by atoms with Gasteiger partial charge in [0, 0.05) is 19.3 Å². The van der Waals surface area contributed by atoms with Gasteiger partial charge in [0.1, 0.15) is 13.2 Å². The second kappa shape index (κ2) is 55.0. The topological polar surface area (TPSA) is 78.9 Å². The van der Waals surface area contributed by atoms with Gasteiger partial charge in [-0.25, -0.2) is 0 Å². The minimum absolute atomic E-state index is 0.0907. The SMILES string of the molecule is CCCCCCCC/C=C\C/C=C\C/C=C\CCCC(=O)O[C@H](COC(=O)CCCCCCCCCCC/C=C\CCCCCCCC)COC(=O)CCCCCCCCCCCCCC. The third kappa shape index (κ3) is 52.3. The van der Waals surface area contributed by atoms with Gasteiger partial charge in [-0.3, -0.25) is 14.4 Å². The summed E-state index contributed by atoms with van der Waals surface area (Å²) in [7, 11) is 0. The Kier molecular flexibility index (Phi) is 52.8. The quantitative estimate of drug-likeness (QED) is 0.0262. The molecule has 0 unspecified atom stereocenters. The molecule has 0 aromatic carbocycles. The van der Waals surface area contributed by atoms with E-state index in [1.807, 2.05) is 0 Å². The molecule has 0 aliphatic carbocycles. The maximum absolute atomic E-state index is 12.8. The van der Waals surface area contributed by atoms with Gasteiger partial charge in [-0.2, -0.15) is 0 Å². The van der Waals surface area contributed by atoms with Crippen LogP contribution < -0.4 is 0 Å². The van der Waals surface area contributed by atoms with Crippen molar-refractivity contribution in [1.82, 2.24) is 0 Å². The highest BCUT2D eigenvalue weighted by molar-refractivity contribution is 5.71. The van der Waals surface area contributed by atoms with Crippen LogP contribution in [0.2, 0.25) is 0 Å². The van der Waals surface area contributed by atoms with Gasteiger partial charge in [0.15, 0.2) is 6.10 Å². The van der Waals surface area contributed by atoms with Crippen LogP contribution in [-0.4, -0.2) is 37.2 Å². The molecule has 66 heavy (non-hydrogen) atoms. The highest BCUT2D eigenvalue weighted by Crippen LogP contribution is 2.15. The van der Waals surface area contributed by atoms with Crippen LogP contribution in [0.25, 0.3) is 0 Å². The molecule has 6 nitrogen and oxygen atoms in total. The molecule has 0 bridgehead atoms. The van der Waals surface area contributed by atoms with E-state index in [1.165, 1.54) is 193 Å². The van der Waals surface area contributed by atoms with E-state index < -0.39 is 6.10 Å².